The van der Waals surface area contributed by atoms with Crippen LogP contribution in [0.3, 0.4) is 0 Å². The molecule has 10 nitrogen and oxygen atoms in total. The van der Waals surface area contributed by atoms with Crippen LogP contribution in [0.4, 0.5) is 26.3 Å². The molecule has 0 N–H and O–H groups in total. The van der Waals surface area contributed by atoms with Crippen molar-refractivity contribution in [1.29, 1.82) is 0 Å². The molecule has 1 saturated carbocycles. The highest BCUT2D eigenvalue weighted by Crippen LogP contribution is 2.41. The highest BCUT2D eigenvalue weighted by atomic mass is 19.4. The Hall–Kier alpha value is -6.13. The standard InChI is InChI=1S/C28H32N4O.C25H24F6N4O/c1-20-8-7-11-22(16-20)18-31-27(33)23-19-30(17-21-9-3-2-4-10-21)15-14-25(23)32-26-13-6-5-12-24(26)29-28(31)32;26-24(27,28)20-6-4-17(5-7-20)14-34-16-19-15-33(10-8-22(19)35-11-9-32-23(34)35)13-18-2-1-3-21(12-18)36-25(29,30)31/h2-4,7-11,16,24,26H,5-6,12-15,17-19H2,1H3;1-7,12H,8-11,13-16H2. The zero-order chi connectivity index (χ0) is 47.9. The fourth-order valence-electron chi connectivity index (χ4n) is 11.0. The van der Waals surface area contributed by atoms with Gasteiger partial charge in [-0.3, -0.25) is 24.5 Å². The van der Waals surface area contributed by atoms with Gasteiger partial charge < -0.3 is 19.4 Å². The van der Waals surface area contributed by atoms with Crippen molar-refractivity contribution in [1.82, 2.24) is 29.4 Å². The van der Waals surface area contributed by atoms with Crippen LogP contribution in [-0.4, -0.2) is 111 Å². The van der Waals surface area contributed by atoms with E-state index in [0.29, 0.717) is 57.9 Å². The molecule has 11 rings (SSSR count). The minimum Gasteiger partial charge on any atom is -0.406 e. The van der Waals surface area contributed by atoms with Crippen molar-refractivity contribution in [3.63, 3.8) is 0 Å². The van der Waals surface area contributed by atoms with Gasteiger partial charge in [-0.1, -0.05) is 97.3 Å². The summed E-state index contributed by atoms with van der Waals surface area (Å²) >= 11 is 0. The number of halogens is 6. The predicted octanol–water partition coefficient (Wildman–Crippen LogP) is 9.73. The summed E-state index contributed by atoms with van der Waals surface area (Å²) in [5.41, 5.74) is 9.14. The number of carbonyl (C=O) groups is 1. The monoisotopic (exact) mass is 950 g/mol. The normalized spacial score (nSPS) is 21.8. The van der Waals surface area contributed by atoms with Crippen molar-refractivity contribution >= 4 is 17.8 Å². The Labute approximate surface area is 398 Å². The van der Waals surface area contributed by atoms with E-state index in [-0.39, 0.29) is 11.7 Å². The van der Waals surface area contributed by atoms with Gasteiger partial charge >= 0.3 is 12.5 Å². The van der Waals surface area contributed by atoms with E-state index in [4.69, 9.17) is 4.99 Å². The van der Waals surface area contributed by atoms with E-state index in [0.717, 1.165) is 86.2 Å². The lowest BCUT2D eigenvalue weighted by Gasteiger charge is -2.45. The number of fused-ring (bicyclic) bond motifs is 6. The van der Waals surface area contributed by atoms with E-state index in [1.54, 1.807) is 12.1 Å². The molecule has 362 valence electrons. The minimum absolute atomic E-state index is 0.151. The molecule has 0 saturated heterocycles. The van der Waals surface area contributed by atoms with Crippen LogP contribution >= 0.6 is 0 Å². The summed E-state index contributed by atoms with van der Waals surface area (Å²) < 4.78 is 80.6. The summed E-state index contributed by atoms with van der Waals surface area (Å²) in [6.45, 7) is 9.61. The lowest BCUT2D eigenvalue weighted by Crippen LogP contribution is -2.56. The molecule has 2 atom stereocenters. The van der Waals surface area contributed by atoms with Crippen LogP contribution in [0, 0.1) is 6.92 Å². The first-order valence-corrected chi connectivity index (χ1v) is 24.0. The van der Waals surface area contributed by atoms with Crippen LogP contribution in [0.1, 0.15) is 71.9 Å². The van der Waals surface area contributed by atoms with Gasteiger partial charge in [0.05, 0.1) is 36.3 Å². The summed E-state index contributed by atoms with van der Waals surface area (Å²) in [5.74, 6) is 1.67. The number of amides is 1. The quantitative estimate of drug-likeness (QED) is 0.155. The van der Waals surface area contributed by atoms with Gasteiger partial charge in [-0.25, -0.2) is 4.99 Å². The van der Waals surface area contributed by atoms with Gasteiger partial charge in [-0.2, -0.15) is 13.2 Å². The van der Waals surface area contributed by atoms with E-state index in [1.807, 2.05) is 4.90 Å². The topological polar surface area (TPSA) is 70.5 Å². The Bertz CT molecular complexity index is 2660. The first kappa shape index (κ1) is 46.6. The van der Waals surface area contributed by atoms with Crippen molar-refractivity contribution in [3.05, 3.63) is 159 Å². The van der Waals surface area contributed by atoms with E-state index in [2.05, 4.69) is 95.7 Å². The minimum atomic E-state index is -4.74. The van der Waals surface area contributed by atoms with Gasteiger partial charge in [-0.05, 0) is 71.9 Å². The third kappa shape index (κ3) is 10.4. The number of aliphatic imine (C=N–C) groups is 2. The zero-order valence-electron chi connectivity index (χ0n) is 38.7. The molecule has 1 aliphatic carbocycles. The molecule has 4 aromatic rings. The number of alkyl halides is 6. The Morgan fingerprint density at radius 2 is 1.35 bits per heavy atom. The largest absolute Gasteiger partial charge is 0.573 e. The number of aryl methyl sites for hydroxylation is 1. The summed E-state index contributed by atoms with van der Waals surface area (Å²) in [6.07, 6.45) is -2.58. The van der Waals surface area contributed by atoms with Crippen LogP contribution in [-0.2, 0) is 37.1 Å². The van der Waals surface area contributed by atoms with Crippen molar-refractivity contribution in [2.24, 2.45) is 9.98 Å². The second-order valence-electron chi connectivity index (χ2n) is 19.1. The summed E-state index contributed by atoms with van der Waals surface area (Å²) in [4.78, 5) is 37.1. The molecular formula is C53H56F6N8O2. The Kier molecular flexibility index (Phi) is 13.1. The smallest absolute Gasteiger partial charge is 0.406 e. The molecule has 0 bridgehead atoms. The molecule has 16 heteroatoms. The second kappa shape index (κ2) is 19.3. The third-order valence-electron chi connectivity index (χ3n) is 14.1. The molecule has 4 aromatic carbocycles. The van der Waals surface area contributed by atoms with E-state index in [9.17, 15) is 31.1 Å². The molecular weight excluding hydrogens is 895 g/mol. The lowest BCUT2D eigenvalue weighted by molar-refractivity contribution is -0.274. The molecule has 6 aliphatic heterocycles. The second-order valence-corrected chi connectivity index (χ2v) is 19.1. The SMILES string of the molecule is Cc1cccc(CN2C(=O)C3=C(CCN(Cc4ccccc4)C3)N3C2=NC2CCCCC23)c1.FC(F)(F)Oc1cccc(CN2CCC3=C(C2)CN(Cc2ccc(C(F)(F)F)cc2)C2=NCCN23)c1. The predicted molar refractivity (Wildman–Crippen MR) is 251 cm³/mol. The van der Waals surface area contributed by atoms with Gasteiger partial charge in [0.15, 0.2) is 0 Å². The molecule has 7 aliphatic rings. The molecule has 1 fully saturated rings. The maximum atomic E-state index is 13.9. The fraction of sp³-hybridized carbons (Fsp3) is 0.415. The average molecular weight is 951 g/mol. The Morgan fingerprint density at radius 1 is 0.667 bits per heavy atom. The number of guanidine groups is 2. The van der Waals surface area contributed by atoms with E-state index in [1.165, 1.54) is 77.2 Å². The van der Waals surface area contributed by atoms with Crippen LogP contribution in [0.15, 0.2) is 136 Å². The van der Waals surface area contributed by atoms with Gasteiger partial charge in [0.25, 0.3) is 5.91 Å². The Morgan fingerprint density at radius 3 is 2.10 bits per heavy atom. The highest BCUT2D eigenvalue weighted by Gasteiger charge is 2.48. The first-order valence-electron chi connectivity index (χ1n) is 24.0. The van der Waals surface area contributed by atoms with Gasteiger partial charge in [-0.15, -0.1) is 13.2 Å². The van der Waals surface area contributed by atoms with E-state index < -0.39 is 18.1 Å². The maximum Gasteiger partial charge on any atom is 0.573 e. The lowest BCUT2D eigenvalue weighted by atomic mass is 9.89. The number of nitrogens with zero attached hydrogens (tertiary/aromatic N) is 8. The van der Waals surface area contributed by atoms with Crippen LogP contribution in [0.25, 0.3) is 0 Å². The summed E-state index contributed by atoms with van der Waals surface area (Å²) in [5, 5.41) is 0. The maximum absolute atomic E-state index is 13.9. The fourth-order valence-corrected chi connectivity index (χ4v) is 11.0. The molecule has 1 amide bonds. The molecule has 0 radical (unpaired) electrons. The molecule has 2 unspecified atom stereocenters. The Balaban J connectivity index is 0.000000161. The number of rotatable bonds is 9. The zero-order valence-corrected chi connectivity index (χ0v) is 38.7. The highest BCUT2D eigenvalue weighted by molar-refractivity contribution is 6.10. The van der Waals surface area contributed by atoms with Crippen LogP contribution in [0.2, 0.25) is 0 Å². The molecule has 0 aromatic heterocycles. The number of hydrogen-bond donors (Lipinski definition) is 0. The van der Waals surface area contributed by atoms with Crippen LogP contribution < -0.4 is 4.74 Å². The van der Waals surface area contributed by atoms with Crippen LogP contribution in [0.5, 0.6) is 5.75 Å². The van der Waals surface area contributed by atoms with Crippen molar-refractivity contribution in [3.8, 4) is 5.75 Å². The first-order chi connectivity index (χ1) is 33.2. The molecule has 69 heavy (non-hydrogen) atoms. The number of carbonyl (C=O) groups excluding carboxylic acids is 1. The summed E-state index contributed by atoms with van der Waals surface area (Å²) in [6, 6.07) is 31.0. The van der Waals surface area contributed by atoms with Gasteiger partial charge in [0.1, 0.15) is 5.75 Å². The van der Waals surface area contributed by atoms with Crippen molar-refractivity contribution < 1.29 is 35.9 Å². The molecule has 6 heterocycles. The average Bonchev–Trinajstić information content (AvgIpc) is 3.97. The third-order valence-corrected chi connectivity index (χ3v) is 14.1. The van der Waals surface area contributed by atoms with Gasteiger partial charge in [0, 0.05) is 83.1 Å². The molecule has 0 spiro atoms. The number of benzene rings is 4. The van der Waals surface area contributed by atoms with E-state index >= 15 is 0 Å². The van der Waals surface area contributed by atoms with Gasteiger partial charge in [0.2, 0.25) is 11.9 Å². The van der Waals surface area contributed by atoms with Crippen molar-refractivity contribution in [2.45, 2.75) is 96.3 Å². The van der Waals surface area contributed by atoms with Crippen molar-refractivity contribution in [2.75, 3.05) is 45.8 Å². The number of hydrogen-bond acceptors (Lipinski definition) is 9. The number of ether oxygens (including phenoxy) is 1. The summed E-state index contributed by atoms with van der Waals surface area (Å²) in [7, 11) is 0.